The highest BCUT2D eigenvalue weighted by atomic mass is 16.5. The summed E-state index contributed by atoms with van der Waals surface area (Å²) in [5.41, 5.74) is 2.79. The van der Waals surface area contributed by atoms with Crippen molar-refractivity contribution in [1.82, 2.24) is 9.97 Å². The number of benzene rings is 2. The van der Waals surface area contributed by atoms with Crippen molar-refractivity contribution in [3.05, 3.63) is 60.9 Å². The lowest BCUT2D eigenvalue weighted by molar-refractivity contribution is -0.116. The topological polar surface area (TPSA) is 85.4 Å². The molecule has 7 heteroatoms. The van der Waals surface area contributed by atoms with Gasteiger partial charge in [0.2, 0.25) is 5.91 Å². The molecule has 2 heterocycles. The number of hydrogen-bond acceptors (Lipinski definition) is 6. The molecule has 0 aliphatic rings. The number of aromatic nitrogens is 2. The van der Waals surface area contributed by atoms with Crippen LogP contribution >= 0.6 is 0 Å². The van der Waals surface area contributed by atoms with Gasteiger partial charge in [0.1, 0.15) is 17.5 Å². The van der Waals surface area contributed by atoms with Gasteiger partial charge in [0.05, 0.1) is 36.6 Å². The number of pyridine rings is 2. The number of nitrogens with zero attached hydrogens (tertiary/aromatic N) is 2. The van der Waals surface area contributed by atoms with E-state index in [1.807, 2.05) is 42.5 Å². The number of methoxy groups -OCH3 is 2. The highest BCUT2D eigenvalue weighted by molar-refractivity contribution is 6.04. The molecule has 4 aromatic rings. The smallest absolute Gasteiger partial charge is 0.246 e. The van der Waals surface area contributed by atoms with Gasteiger partial charge in [-0.25, -0.2) is 0 Å². The van der Waals surface area contributed by atoms with Gasteiger partial charge in [0.25, 0.3) is 0 Å². The SMILES string of the molecule is COc1cc(NC(=O)C(C)Nc2cc(OC)cc3cccnc23)c2ncccc2c1. The molecule has 1 atom stereocenters. The van der Waals surface area contributed by atoms with Crippen LogP contribution in [0.4, 0.5) is 11.4 Å². The van der Waals surface area contributed by atoms with E-state index in [2.05, 4.69) is 20.6 Å². The maximum Gasteiger partial charge on any atom is 0.246 e. The second-order valence-electron chi connectivity index (χ2n) is 6.86. The normalized spacial score (nSPS) is 11.8. The van der Waals surface area contributed by atoms with Gasteiger partial charge in [0.15, 0.2) is 0 Å². The molecule has 0 radical (unpaired) electrons. The van der Waals surface area contributed by atoms with Crippen molar-refractivity contribution in [2.45, 2.75) is 13.0 Å². The van der Waals surface area contributed by atoms with Gasteiger partial charge in [-0.05, 0) is 31.2 Å². The molecular weight excluding hydrogens is 380 g/mol. The van der Waals surface area contributed by atoms with Crippen molar-refractivity contribution >= 4 is 39.1 Å². The van der Waals surface area contributed by atoms with Crippen LogP contribution in [0.3, 0.4) is 0 Å². The Morgan fingerprint density at radius 3 is 1.97 bits per heavy atom. The van der Waals surface area contributed by atoms with Gasteiger partial charge in [-0.1, -0.05) is 12.1 Å². The summed E-state index contributed by atoms with van der Waals surface area (Å²) >= 11 is 0. The summed E-state index contributed by atoms with van der Waals surface area (Å²) in [7, 11) is 3.20. The van der Waals surface area contributed by atoms with E-state index in [1.54, 1.807) is 39.6 Å². The van der Waals surface area contributed by atoms with E-state index in [4.69, 9.17) is 9.47 Å². The Labute approximate surface area is 174 Å². The Kier molecular flexibility index (Phi) is 5.34. The Balaban J connectivity index is 1.61. The van der Waals surface area contributed by atoms with Crippen LogP contribution in [0, 0.1) is 0 Å². The monoisotopic (exact) mass is 402 g/mol. The molecule has 0 saturated carbocycles. The zero-order chi connectivity index (χ0) is 21.1. The molecule has 0 saturated heterocycles. The molecule has 1 amide bonds. The highest BCUT2D eigenvalue weighted by Gasteiger charge is 2.17. The minimum absolute atomic E-state index is 0.206. The van der Waals surface area contributed by atoms with E-state index >= 15 is 0 Å². The summed E-state index contributed by atoms with van der Waals surface area (Å²) in [6.07, 6.45) is 3.42. The fourth-order valence-corrected chi connectivity index (χ4v) is 3.31. The van der Waals surface area contributed by atoms with Crippen LogP contribution in [-0.4, -0.2) is 36.1 Å². The van der Waals surface area contributed by atoms with Crippen LogP contribution in [0.25, 0.3) is 21.8 Å². The predicted molar refractivity (Wildman–Crippen MR) is 118 cm³/mol. The molecule has 0 aliphatic heterocycles. The Morgan fingerprint density at radius 2 is 1.40 bits per heavy atom. The molecular formula is C23H22N4O3. The molecule has 30 heavy (non-hydrogen) atoms. The molecule has 0 aliphatic carbocycles. The number of carbonyl (C=O) groups is 1. The maximum atomic E-state index is 13.0. The lowest BCUT2D eigenvalue weighted by Gasteiger charge is -2.18. The number of hydrogen-bond donors (Lipinski definition) is 2. The lowest BCUT2D eigenvalue weighted by atomic mass is 10.1. The van der Waals surface area contributed by atoms with E-state index < -0.39 is 6.04 Å². The molecule has 7 nitrogen and oxygen atoms in total. The fraction of sp³-hybridized carbons (Fsp3) is 0.174. The molecule has 2 N–H and O–H groups in total. The molecule has 2 aromatic carbocycles. The zero-order valence-corrected chi connectivity index (χ0v) is 17.0. The van der Waals surface area contributed by atoms with Crippen molar-refractivity contribution in [2.24, 2.45) is 0 Å². The Morgan fingerprint density at radius 1 is 0.867 bits per heavy atom. The first-order valence-corrected chi connectivity index (χ1v) is 9.52. The van der Waals surface area contributed by atoms with E-state index in [0.717, 1.165) is 22.0 Å². The number of nitrogens with one attached hydrogen (secondary N) is 2. The van der Waals surface area contributed by atoms with Gasteiger partial charge in [-0.2, -0.15) is 0 Å². The van der Waals surface area contributed by atoms with E-state index in [1.165, 1.54) is 0 Å². The lowest BCUT2D eigenvalue weighted by Crippen LogP contribution is -2.32. The maximum absolute atomic E-state index is 13.0. The molecule has 0 spiro atoms. The number of anilines is 2. The first-order chi connectivity index (χ1) is 14.6. The molecule has 4 rings (SSSR count). The van der Waals surface area contributed by atoms with Crippen molar-refractivity contribution in [1.29, 1.82) is 0 Å². The summed E-state index contributed by atoms with van der Waals surface area (Å²) in [5.74, 6) is 1.13. The summed E-state index contributed by atoms with van der Waals surface area (Å²) in [4.78, 5) is 21.8. The standard InChI is InChI=1S/C23H22N4O3/c1-14(26-19-12-17(29-2)10-15-6-4-8-24-21(15)19)23(28)27-20-13-18(30-3)11-16-7-5-9-25-22(16)20/h4-14,26H,1-3H3,(H,27,28). The number of amides is 1. The number of rotatable bonds is 6. The van der Waals surface area contributed by atoms with Gasteiger partial charge in [-0.15, -0.1) is 0 Å². The Bertz CT molecular complexity index is 1230. The summed E-state index contributed by atoms with van der Waals surface area (Å²) in [6.45, 7) is 1.79. The highest BCUT2D eigenvalue weighted by Crippen LogP contribution is 2.30. The molecule has 0 bridgehead atoms. The van der Waals surface area contributed by atoms with Gasteiger partial charge in [-0.3, -0.25) is 14.8 Å². The summed E-state index contributed by atoms with van der Waals surface area (Å²) in [5, 5.41) is 8.02. The third-order valence-corrected chi connectivity index (χ3v) is 4.85. The van der Waals surface area contributed by atoms with Gasteiger partial charge >= 0.3 is 0 Å². The molecule has 0 fully saturated rings. The van der Waals surface area contributed by atoms with Gasteiger partial charge in [0, 0.05) is 35.3 Å². The van der Waals surface area contributed by atoms with Crippen molar-refractivity contribution in [3.8, 4) is 11.5 Å². The van der Waals surface area contributed by atoms with Crippen LogP contribution in [0.15, 0.2) is 60.9 Å². The molecule has 1 unspecified atom stereocenters. The third kappa shape index (κ3) is 3.82. The van der Waals surface area contributed by atoms with Crippen LogP contribution < -0.4 is 20.1 Å². The predicted octanol–water partition coefficient (Wildman–Crippen LogP) is 4.24. The molecule has 2 aromatic heterocycles. The quantitative estimate of drug-likeness (QED) is 0.502. The number of fused-ring (bicyclic) bond motifs is 2. The number of ether oxygens (including phenoxy) is 2. The summed E-state index contributed by atoms with van der Waals surface area (Å²) < 4.78 is 10.7. The van der Waals surface area contributed by atoms with Crippen molar-refractivity contribution in [2.75, 3.05) is 24.9 Å². The van der Waals surface area contributed by atoms with E-state index in [9.17, 15) is 4.79 Å². The third-order valence-electron chi connectivity index (χ3n) is 4.85. The fourth-order valence-electron chi connectivity index (χ4n) is 3.31. The second-order valence-corrected chi connectivity index (χ2v) is 6.86. The average molecular weight is 402 g/mol. The Hall–Kier alpha value is -3.87. The van der Waals surface area contributed by atoms with E-state index in [-0.39, 0.29) is 5.91 Å². The van der Waals surface area contributed by atoms with Crippen molar-refractivity contribution in [3.63, 3.8) is 0 Å². The number of carbonyl (C=O) groups excluding carboxylic acids is 1. The van der Waals surface area contributed by atoms with Crippen LogP contribution in [0.1, 0.15) is 6.92 Å². The summed E-state index contributed by atoms with van der Waals surface area (Å²) in [6, 6.07) is 14.4. The van der Waals surface area contributed by atoms with Crippen molar-refractivity contribution < 1.29 is 14.3 Å². The zero-order valence-electron chi connectivity index (χ0n) is 17.0. The van der Waals surface area contributed by atoms with Crippen LogP contribution in [0.5, 0.6) is 11.5 Å². The largest absolute Gasteiger partial charge is 0.497 e. The van der Waals surface area contributed by atoms with Crippen LogP contribution in [-0.2, 0) is 4.79 Å². The first kappa shape index (κ1) is 19.4. The minimum Gasteiger partial charge on any atom is -0.497 e. The second kappa shape index (κ2) is 8.24. The van der Waals surface area contributed by atoms with Gasteiger partial charge < -0.3 is 20.1 Å². The minimum atomic E-state index is -0.535. The van der Waals surface area contributed by atoms with E-state index in [0.29, 0.717) is 22.7 Å². The molecule has 152 valence electrons. The van der Waals surface area contributed by atoms with Crippen LogP contribution in [0.2, 0.25) is 0 Å². The first-order valence-electron chi connectivity index (χ1n) is 9.52. The average Bonchev–Trinajstić information content (AvgIpc) is 2.78.